The van der Waals surface area contributed by atoms with Gasteiger partial charge in [-0.05, 0) is 92.5 Å². The number of ether oxygens (including phenoxy) is 4. The van der Waals surface area contributed by atoms with Crippen LogP contribution in [-0.2, 0) is 50.6 Å². The highest BCUT2D eigenvalue weighted by Gasteiger charge is 2.80. The monoisotopic (exact) mass is 900 g/mol. The minimum absolute atomic E-state index is 0.112. The molecule has 6 aliphatic rings. The highest BCUT2D eigenvalue weighted by molar-refractivity contribution is 8.00. The molecule has 64 heavy (non-hydrogen) atoms. The molecule has 15 nitrogen and oxygen atoms in total. The number of carboxylic acids is 1. The predicted octanol–water partition coefficient (Wildman–Crippen LogP) is 4.52. The summed E-state index contributed by atoms with van der Waals surface area (Å²) >= 11 is 1.23. The van der Waals surface area contributed by atoms with Crippen molar-refractivity contribution in [1.29, 1.82) is 0 Å². The van der Waals surface area contributed by atoms with Gasteiger partial charge in [0.2, 0.25) is 5.60 Å². The van der Waals surface area contributed by atoms with Crippen LogP contribution in [0.2, 0.25) is 0 Å². The number of H-pyrrole nitrogens is 1. The molecule has 9 rings (SSSR count). The Labute approximate surface area is 377 Å². The van der Waals surface area contributed by atoms with Crippen LogP contribution in [0.4, 0.5) is 5.69 Å². The van der Waals surface area contributed by atoms with E-state index >= 15 is 4.79 Å². The molecule has 5 aliphatic heterocycles. The van der Waals surface area contributed by atoms with Crippen LogP contribution in [0.5, 0.6) is 5.75 Å². The third-order valence-electron chi connectivity index (χ3n) is 16.1. The first-order valence-electron chi connectivity index (χ1n) is 22.4. The molecule has 3 fully saturated rings. The van der Waals surface area contributed by atoms with Gasteiger partial charge in [0.1, 0.15) is 11.2 Å². The van der Waals surface area contributed by atoms with Crippen molar-refractivity contribution in [2.24, 2.45) is 11.3 Å². The van der Waals surface area contributed by atoms with Gasteiger partial charge >= 0.3 is 23.9 Å². The number of nitrogens with zero attached hydrogens (tertiary/aromatic N) is 3. The molecule has 3 aromatic rings. The highest BCUT2D eigenvalue weighted by Crippen LogP contribution is 2.69. The van der Waals surface area contributed by atoms with E-state index in [1.54, 1.807) is 7.11 Å². The van der Waals surface area contributed by atoms with Crippen molar-refractivity contribution in [2.45, 2.75) is 111 Å². The SMILES string of the molecule is CC[C@]1(O)C[C@H]2CN(CCc3c([nH]c4ccc(SCC(=O)O)cc34)[C@@](C(=O)OC)(c3cc4c(cc3OC)N(C)[C@H]3[C@@](O)(C(=O)OC)[C@H](OC(C)=O)[C@]5(CC)CC=CN6CC[C@]43[C@@H]65)C2)C1. The number of thioether (sulfide) groups is 1. The van der Waals surface area contributed by atoms with Crippen LogP contribution in [0.15, 0.2) is 47.5 Å². The van der Waals surface area contributed by atoms with E-state index in [0.717, 1.165) is 26.9 Å². The Kier molecular flexibility index (Phi) is 10.9. The molecule has 1 aliphatic carbocycles. The first kappa shape index (κ1) is 44.4. The largest absolute Gasteiger partial charge is 0.496 e. The van der Waals surface area contributed by atoms with E-state index in [9.17, 15) is 29.7 Å². The maximum absolute atomic E-state index is 15.5. The maximum Gasteiger partial charge on any atom is 0.344 e. The number of allylic oxidation sites excluding steroid dienone is 1. The van der Waals surface area contributed by atoms with Crippen molar-refractivity contribution < 1.29 is 53.4 Å². The van der Waals surface area contributed by atoms with Gasteiger partial charge in [-0.25, -0.2) is 4.79 Å². The zero-order chi connectivity index (χ0) is 45.7. The number of nitrogens with one attached hydrogen (secondary N) is 1. The van der Waals surface area contributed by atoms with Crippen molar-refractivity contribution in [3.05, 3.63) is 65.0 Å². The van der Waals surface area contributed by atoms with Crippen molar-refractivity contribution in [1.82, 2.24) is 14.8 Å². The number of anilines is 1. The maximum atomic E-state index is 15.5. The fourth-order valence-corrected chi connectivity index (χ4v) is 14.5. The fourth-order valence-electron chi connectivity index (χ4n) is 13.8. The predicted molar refractivity (Wildman–Crippen MR) is 239 cm³/mol. The molecule has 6 heterocycles. The standard InChI is InChI=1S/C48H60N4O11S/c1-8-44(58)22-28-23-47(42(56)61-6,38-30(13-17-51(24-28)26-44)31-19-29(64-25-37(54)55)11-12-34(31)49-38)33-20-32-35(21-36(33)60-5)50(4)40-46(32)15-18-52-16-10-14-45(9-2,39(46)52)41(63-27(3)53)48(40,59)43(57)62-7/h10-12,16,19-21,28,39-41,49,58-59H,8-9,13-15,17-18,22-26H2,1-7H3,(H,54,55)/t28-,39+,40-,41-,44+,45-,46-,47+,48+/m1/s1. The summed E-state index contributed by atoms with van der Waals surface area (Å²) in [6, 6.07) is 8.44. The molecule has 0 radical (unpaired) electrons. The number of rotatable bonds is 10. The summed E-state index contributed by atoms with van der Waals surface area (Å²) in [4.78, 5) is 65.6. The van der Waals surface area contributed by atoms with E-state index < -0.39 is 63.5 Å². The van der Waals surface area contributed by atoms with E-state index in [-0.39, 0.29) is 24.1 Å². The molecule has 2 bridgehead atoms. The molecular weight excluding hydrogens is 841 g/mol. The number of hydrogen-bond acceptors (Lipinski definition) is 14. The zero-order valence-electron chi connectivity index (χ0n) is 37.7. The first-order valence-corrected chi connectivity index (χ1v) is 23.4. The second kappa shape index (κ2) is 15.7. The first-order chi connectivity index (χ1) is 30.5. The molecule has 1 saturated carbocycles. The highest BCUT2D eigenvalue weighted by atomic mass is 32.2. The quantitative estimate of drug-likeness (QED) is 0.126. The number of hydrogen-bond donors (Lipinski definition) is 4. The average molecular weight is 901 g/mol. The lowest BCUT2D eigenvalue weighted by molar-refractivity contribution is -0.235. The van der Waals surface area contributed by atoms with Gasteiger partial charge in [-0.3, -0.25) is 19.3 Å². The van der Waals surface area contributed by atoms with E-state index in [1.807, 2.05) is 56.1 Å². The number of aromatic nitrogens is 1. The van der Waals surface area contributed by atoms with Gasteiger partial charge < -0.3 is 49.1 Å². The van der Waals surface area contributed by atoms with E-state index in [4.69, 9.17) is 18.9 Å². The Morgan fingerprint density at radius 2 is 1.72 bits per heavy atom. The smallest absolute Gasteiger partial charge is 0.344 e. The van der Waals surface area contributed by atoms with Crippen LogP contribution in [0, 0.1) is 11.3 Å². The normalized spacial score (nSPS) is 34.7. The lowest BCUT2D eigenvalue weighted by Gasteiger charge is -2.64. The van der Waals surface area contributed by atoms with Gasteiger partial charge in [-0.1, -0.05) is 19.9 Å². The average Bonchev–Trinajstić information content (AvgIpc) is 3.94. The zero-order valence-corrected chi connectivity index (χ0v) is 38.5. The van der Waals surface area contributed by atoms with Crippen LogP contribution in [0.1, 0.15) is 81.7 Å². The van der Waals surface area contributed by atoms with Gasteiger partial charge in [-0.15, -0.1) is 11.8 Å². The topological polar surface area (TPSA) is 191 Å². The van der Waals surface area contributed by atoms with Crippen molar-refractivity contribution in [2.75, 3.05) is 65.2 Å². The molecule has 4 N–H and O–H groups in total. The Balaban J connectivity index is 1.35. The van der Waals surface area contributed by atoms with Gasteiger partial charge in [-0.2, -0.15) is 0 Å². The Morgan fingerprint density at radius 1 is 0.953 bits per heavy atom. The van der Waals surface area contributed by atoms with Crippen molar-refractivity contribution in [3.63, 3.8) is 0 Å². The van der Waals surface area contributed by atoms with Crippen molar-refractivity contribution in [3.8, 4) is 5.75 Å². The lowest BCUT2D eigenvalue weighted by atomic mass is 9.47. The van der Waals surface area contributed by atoms with Gasteiger partial charge in [0.25, 0.3) is 0 Å². The fraction of sp³-hybridized carbons (Fsp3) is 0.583. The summed E-state index contributed by atoms with van der Waals surface area (Å²) in [5.41, 5.74) is -2.39. The summed E-state index contributed by atoms with van der Waals surface area (Å²) in [5, 5.41) is 35.9. The van der Waals surface area contributed by atoms with Gasteiger partial charge in [0.05, 0.1) is 38.7 Å². The lowest BCUT2D eigenvalue weighted by Crippen LogP contribution is -2.81. The number of fused-ring (bicyclic) bond motifs is 6. The number of esters is 3. The number of likely N-dealkylation sites (N-methyl/N-ethyl adjacent to an activating group) is 1. The molecule has 0 amide bonds. The van der Waals surface area contributed by atoms with Gasteiger partial charge in [0.15, 0.2) is 6.10 Å². The molecule has 2 saturated heterocycles. The molecule has 344 valence electrons. The number of benzene rings is 2. The molecule has 10 atom stereocenters. The number of carbonyl (C=O) groups excluding carboxylic acids is 3. The Morgan fingerprint density at radius 3 is 2.39 bits per heavy atom. The molecular formula is C48H60N4O11S. The summed E-state index contributed by atoms with van der Waals surface area (Å²) in [5.74, 6) is -2.85. The Bertz CT molecular complexity index is 2460. The summed E-state index contributed by atoms with van der Waals surface area (Å²) < 4.78 is 24.0. The van der Waals surface area contributed by atoms with Crippen LogP contribution >= 0.6 is 11.8 Å². The molecule has 2 aromatic carbocycles. The summed E-state index contributed by atoms with van der Waals surface area (Å²) in [6.07, 6.45) is 6.00. The number of piperidine rings is 1. The minimum atomic E-state index is -2.33. The molecule has 1 spiro atoms. The number of aliphatic hydroxyl groups is 2. The second-order valence-electron chi connectivity index (χ2n) is 19.1. The Hall–Kier alpha value is -4.77. The van der Waals surface area contributed by atoms with Crippen LogP contribution in [0.25, 0.3) is 10.9 Å². The van der Waals surface area contributed by atoms with E-state index in [0.29, 0.717) is 87.4 Å². The number of aliphatic carboxylic acids is 1. The third kappa shape index (κ3) is 6.10. The van der Waals surface area contributed by atoms with Crippen molar-refractivity contribution >= 4 is 52.2 Å². The van der Waals surface area contributed by atoms with Crippen LogP contribution < -0.4 is 9.64 Å². The van der Waals surface area contributed by atoms with E-state index in [1.165, 1.54) is 32.9 Å². The summed E-state index contributed by atoms with van der Waals surface area (Å²) in [6.45, 7) is 7.61. The second-order valence-corrected chi connectivity index (χ2v) is 20.1. The summed E-state index contributed by atoms with van der Waals surface area (Å²) in [7, 11) is 6.03. The minimum Gasteiger partial charge on any atom is -0.496 e. The van der Waals surface area contributed by atoms with Crippen LogP contribution in [0.3, 0.4) is 0 Å². The van der Waals surface area contributed by atoms with Gasteiger partial charge in [0, 0.05) is 95.8 Å². The number of carboxylic acid groups (broad SMARTS) is 1. The number of carbonyl (C=O) groups is 4. The third-order valence-corrected chi connectivity index (χ3v) is 17.1. The number of aromatic amines is 1. The molecule has 16 heteroatoms. The molecule has 1 unspecified atom stereocenters. The number of methoxy groups -OCH3 is 3. The van der Waals surface area contributed by atoms with E-state index in [2.05, 4.69) is 27.1 Å². The van der Waals surface area contributed by atoms with Crippen LogP contribution in [-0.4, -0.2) is 144 Å². The molecule has 1 aromatic heterocycles.